The van der Waals surface area contributed by atoms with Crippen molar-refractivity contribution >= 4 is 43.8 Å². The number of fused-ring (bicyclic) bond motifs is 2. The largest absolute Gasteiger partial charge is 0.497 e. The van der Waals surface area contributed by atoms with Crippen molar-refractivity contribution in [2.45, 2.75) is 11.4 Å². The molecule has 1 heterocycles. The maximum absolute atomic E-state index is 13.3. The molecule has 1 amide bonds. The molecule has 0 aliphatic carbocycles. The van der Waals surface area contributed by atoms with Gasteiger partial charge in [-0.3, -0.25) is 9.52 Å². The van der Waals surface area contributed by atoms with Crippen molar-refractivity contribution < 1.29 is 27.9 Å². The van der Waals surface area contributed by atoms with Gasteiger partial charge in [-0.05, 0) is 47.3 Å². The van der Waals surface area contributed by atoms with E-state index >= 15 is 0 Å². The Morgan fingerprint density at radius 3 is 2.32 bits per heavy atom. The third-order valence-corrected chi connectivity index (χ3v) is 7.57. The highest BCUT2D eigenvalue weighted by Crippen LogP contribution is 2.35. The number of nitrogens with one attached hydrogen (secondary N) is 1. The van der Waals surface area contributed by atoms with Gasteiger partial charge >= 0.3 is 0 Å². The average molecular weight is 518 g/mol. The molecule has 188 valence electrons. The molecular formula is C27H23N3O6S. The van der Waals surface area contributed by atoms with Crippen LogP contribution in [0.5, 0.6) is 11.5 Å². The Morgan fingerprint density at radius 1 is 0.919 bits per heavy atom. The Hall–Kier alpha value is -4.57. The third kappa shape index (κ3) is 4.43. The van der Waals surface area contributed by atoms with Crippen LogP contribution in [0.3, 0.4) is 0 Å². The number of rotatable bonds is 7. The summed E-state index contributed by atoms with van der Waals surface area (Å²) in [4.78, 5) is 14.7. The normalized spacial score (nSPS) is 14.2. The lowest BCUT2D eigenvalue weighted by Gasteiger charge is -2.18. The highest BCUT2D eigenvalue weighted by atomic mass is 32.2. The van der Waals surface area contributed by atoms with Crippen molar-refractivity contribution in [2.75, 3.05) is 23.8 Å². The minimum atomic E-state index is -3.95. The van der Waals surface area contributed by atoms with Crippen molar-refractivity contribution in [3.8, 4) is 11.5 Å². The Balaban J connectivity index is 1.49. The number of sulfonamides is 1. The summed E-state index contributed by atoms with van der Waals surface area (Å²) in [6.45, 7) is 0.152. The van der Waals surface area contributed by atoms with E-state index in [0.29, 0.717) is 28.1 Å². The van der Waals surface area contributed by atoms with Gasteiger partial charge in [-0.1, -0.05) is 41.6 Å². The molecule has 2 N–H and O–H groups in total. The van der Waals surface area contributed by atoms with E-state index < -0.39 is 15.9 Å². The van der Waals surface area contributed by atoms with Crippen LogP contribution in [0.1, 0.15) is 11.1 Å². The Kier molecular flexibility index (Phi) is 6.18. The van der Waals surface area contributed by atoms with E-state index in [4.69, 9.17) is 9.47 Å². The highest BCUT2D eigenvalue weighted by molar-refractivity contribution is 7.93. The number of benzene rings is 4. The van der Waals surface area contributed by atoms with Crippen molar-refractivity contribution in [3.63, 3.8) is 0 Å². The fourth-order valence-electron chi connectivity index (χ4n) is 4.41. The number of hydrogen-bond donors (Lipinski definition) is 2. The molecule has 0 fully saturated rings. The van der Waals surface area contributed by atoms with Gasteiger partial charge in [-0.15, -0.1) is 0 Å². The summed E-state index contributed by atoms with van der Waals surface area (Å²) in [5, 5.41) is 14.2. The quantitative estimate of drug-likeness (QED) is 0.278. The molecular weight excluding hydrogens is 494 g/mol. The number of carbonyl (C=O) groups excluding carboxylic acids is 1. The van der Waals surface area contributed by atoms with Crippen LogP contribution in [-0.2, 0) is 21.4 Å². The van der Waals surface area contributed by atoms with E-state index in [2.05, 4.69) is 9.88 Å². The Morgan fingerprint density at radius 2 is 1.62 bits per heavy atom. The van der Waals surface area contributed by atoms with Crippen molar-refractivity contribution in [2.24, 2.45) is 5.16 Å². The van der Waals surface area contributed by atoms with Crippen LogP contribution in [0.25, 0.3) is 10.8 Å². The molecule has 0 saturated heterocycles. The lowest BCUT2D eigenvalue weighted by Crippen LogP contribution is -2.29. The zero-order valence-electron chi connectivity index (χ0n) is 20.0. The second kappa shape index (κ2) is 9.47. The minimum absolute atomic E-state index is 0.131. The summed E-state index contributed by atoms with van der Waals surface area (Å²) in [5.74, 6) is 0.610. The summed E-state index contributed by atoms with van der Waals surface area (Å²) in [6, 6.07) is 22.2. The Bertz CT molecular complexity index is 1640. The number of hydrogen-bond acceptors (Lipinski definition) is 7. The number of amides is 1. The molecule has 10 heteroatoms. The van der Waals surface area contributed by atoms with Crippen LogP contribution in [0, 0.1) is 0 Å². The van der Waals surface area contributed by atoms with Gasteiger partial charge in [0.05, 0.1) is 31.3 Å². The first kappa shape index (κ1) is 24.1. The van der Waals surface area contributed by atoms with Gasteiger partial charge in [0, 0.05) is 22.7 Å². The summed E-state index contributed by atoms with van der Waals surface area (Å²) < 4.78 is 39.7. The molecule has 0 unspecified atom stereocenters. The molecule has 0 spiro atoms. The lowest BCUT2D eigenvalue weighted by molar-refractivity contribution is -0.112. The van der Waals surface area contributed by atoms with E-state index in [1.54, 1.807) is 48.5 Å². The van der Waals surface area contributed by atoms with Gasteiger partial charge in [0.15, 0.2) is 5.71 Å². The summed E-state index contributed by atoms with van der Waals surface area (Å²) in [6.07, 6.45) is 0. The second-order valence-electron chi connectivity index (χ2n) is 8.38. The average Bonchev–Trinajstić information content (AvgIpc) is 3.17. The first-order valence-corrected chi connectivity index (χ1v) is 12.7. The van der Waals surface area contributed by atoms with Crippen LogP contribution < -0.4 is 19.1 Å². The standard InChI is InChI=1S/C27H23N3O6S/c1-35-20-12-17(13-21(15-20)36-2)16-30-24-11-10-19(14-23(24)26(28-32)27(30)31)29-37(33,34)25-9-5-7-18-6-3-4-8-22(18)25/h3-15,29,32H,16H2,1-2H3/b28-26-. The number of methoxy groups -OCH3 is 2. The predicted octanol–water partition coefficient (Wildman–Crippen LogP) is 4.38. The number of ether oxygens (including phenoxy) is 2. The minimum Gasteiger partial charge on any atom is -0.497 e. The molecule has 1 aliphatic heterocycles. The van der Waals surface area contributed by atoms with Gasteiger partial charge in [-0.2, -0.15) is 0 Å². The summed E-state index contributed by atoms with van der Waals surface area (Å²) in [7, 11) is -0.883. The molecule has 0 atom stereocenters. The number of anilines is 2. The zero-order valence-corrected chi connectivity index (χ0v) is 20.8. The van der Waals surface area contributed by atoms with E-state index in [0.717, 1.165) is 10.9 Å². The molecule has 0 aromatic heterocycles. The molecule has 0 saturated carbocycles. The number of carbonyl (C=O) groups is 1. The predicted molar refractivity (Wildman–Crippen MR) is 140 cm³/mol. The van der Waals surface area contributed by atoms with Crippen molar-refractivity contribution in [3.05, 3.63) is 90.0 Å². The fourth-order valence-corrected chi connectivity index (χ4v) is 5.69. The van der Waals surface area contributed by atoms with Crippen molar-refractivity contribution in [1.82, 2.24) is 0 Å². The monoisotopic (exact) mass is 517 g/mol. The van der Waals surface area contributed by atoms with Gasteiger partial charge in [0.25, 0.3) is 15.9 Å². The molecule has 4 aromatic rings. The van der Waals surface area contributed by atoms with Gasteiger partial charge in [-0.25, -0.2) is 8.42 Å². The maximum Gasteiger partial charge on any atom is 0.281 e. The number of nitrogens with zero attached hydrogens (tertiary/aromatic N) is 2. The third-order valence-electron chi connectivity index (χ3n) is 6.13. The van der Waals surface area contributed by atoms with E-state index in [9.17, 15) is 18.4 Å². The number of oxime groups is 1. The molecule has 37 heavy (non-hydrogen) atoms. The highest BCUT2D eigenvalue weighted by Gasteiger charge is 2.35. The summed E-state index contributed by atoms with van der Waals surface area (Å²) in [5.41, 5.74) is 1.56. The van der Waals surface area contributed by atoms with E-state index in [1.807, 2.05) is 18.2 Å². The van der Waals surface area contributed by atoms with Crippen LogP contribution in [0.4, 0.5) is 11.4 Å². The molecule has 1 aliphatic rings. The van der Waals surface area contributed by atoms with Gasteiger partial charge in [0.1, 0.15) is 11.5 Å². The molecule has 5 rings (SSSR count). The SMILES string of the molecule is COc1cc(CN2C(=O)/C(=N\O)c3cc(NS(=O)(=O)c4cccc5ccccc45)ccc32)cc(OC)c1. The lowest BCUT2D eigenvalue weighted by atomic mass is 10.1. The van der Waals surface area contributed by atoms with Gasteiger partial charge < -0.3 is 19.6 Å². The van der Waals surface area contributed by atoms with Crippen LogP contribution in [-0.4, -0.2) is 39.5 Å². The maximum atomic E-state index is 13.3. The topological polar surface area (TPSA) is 118 Å². The van der Waals surface area contributed by atoms with E-state index in [1.165, 1.54) is 31.3 Å². The first-order chi connectivity index (χ1) is 17.8. The first-order valence-electron chi connectivity index (χ1n) is 11.3. The molecule has 4 aromatic carbocycles. The molecule has 0 bridgehead atoms. The Labute approximate surface area is 213 Å². The zero-order chi connectivity index (χ0) is 26.2. The van der Waals surface area contributed by atoms with Crippen LogP contribution in [0.2, 0.25) is 0 Å². The smallest absolute Gasteiger partial charge is 0.281 e. The molecule has 9 nitrogen and oxygen atoms in total. The summed E-state index contributed by atoms with van der Waals surface area (Å²) >= 11 is 0. The van der Waals surface area contributed by atoms with E-state index in [-0.39, 0.29) is 22.8 Å². The van der Waals surface area contributed by atoms with Gasteiger partial charge in [0.2, 0.25) is 0 Å². The molecule has 0 radical (unpaired) electrons. The fraction of sp³-hybridized carbons (Fsp3) is 0.111. The van der Waals surface area contributed by atoms with Crippen LogP contribution >= 0.6 is 0 Å². The second-order valence-corrected chi connectivity index (χ2v) is 10.0. The van der Waals surface area contributed by atoms with Crippen LogP contribution in [0.15, 0.2) is 88.9 Å². The van der Waals surface area contributed by atoms with Crippen molar-refractivity contribution in [1.29, 1.82) is 0 Å².